The Morgan fingerprint density at radius 3 is 2.43 bits per heavy atom. The zero-order valence-corrected chi connectivity index (χ0v) is 16.4. The molecule has 0 bridgehead atoms. The van der Waals surface area contributed by atoms with Crippen molar-refractivity contribution in [3.05, 3.63) is 90.0 Å². The zero-order valence-electron chi connectivity index (χ0n) is 16.4. The molecule has 1 saturated heterocycles. The van der Waals surface area contributed by atoms with Gasteiger partial charge in [0, 0.05) is 24.2 Å². The van der Waals surface area contributed by atoms with Crippen LogP contribution in [0.25, 0.3) is 11.1 Å². The Morgan fingerprint density at radius 1 is 0.929 bits per heavy atom. The lowest BCUT2D eigenvalue weighted by molar-refractivity contribution is 0.303. The molecule has 1 heterocycles. The summed E-state index contributed by atoms with van der Waals surface area (Å²) in [5.41, 5.74) is 5.00. The molecule has 3 nitrogen and oxygen atoms in total. The molecule has 0 aliphatic carbocycles. The number of ether oxygens (including phenoxy) is 1. The SMILES string of the molecule is COc1ccc(-c2ccccc2)cc1CN[C@H]1CCCN[C@H]1c1ccccc1. The molecule has 0 spiro atoms. The van der Waals surface area contributed by atoms with Crippen LogP contribution >= 0.6 is 0 Å². The number of benzene rings is 3. The number of rotatable bonds is 6. The molecule has 1 aliphatic heterocycles. The molecule has 3 aromatic rings. The van der Waals surface area contributed by atoms with Crippen LogP contribution in [-0.4, -0.2) is 19.7 Å². The van der Waals surface area contributed by atoms with E-state index in [4.69, 9.17) is 4.74 Å². The molecule has 3 heteroatoms. The fourth-order valence-electron chi connectivity index (χ4n) is 4.09. The normalized spacial score (nSPS) is 19.3. The summed E-state index contributed by atoms with van der Waals surface area (Å²) in [6.45, 7) is 1.87. The van der Waals surface area contributed by atoms with Crippen molar-refractivity contribution in [1.29, 1.82) is 0 Å². The molecule has 0 aromatic heterocycles. The van der Waals surface area contributed by atoms with Crippen molar-refractivity contribution in [2.45, 2.75) is 31.5 Å². The fraction of sp³-hybridized carbons (Fsp3) is 0.280. The van der Waals surface area contributed by atoms with Crippen molar-refractivity contribution in [1.82, 2.24) is 10.6 Å². The fourth-order valence-corrected chi connectivity index (χ4v) is 4.09. The van der Waals surface area contributed by atoms with Gasteiger partial charge >= 0.3 is 0 Å². The average molecular weight is 373 g/mol. The van der Waals surface area contributed by atoms with E-state index in [1.165, 1.54) is 35.1 Å². The Hall–Kier alpha value is -2.62. The lowest BCUT2D eigenvalue weighted by Gasteiger charge is -2.34. The van der Waals surface area contributed by atoms with Crippen LogP contribution in [-0.2, 0) is 6.54 Å². The van der Waals surface area contributed by atoms with Crippen molar-refractivity contribution in [3.8, 4) is 16.9 Å². The van der Waals surface area contributed by atoms with E-state index in [2.05, 4.69) is 89.5 Å². The maximum Gasteiger partial charge on any atom is 0.123 e. The highest BCUT2D eigenvalue weighted by atomic mass is 16.5. The van der Waals surface area contributed by atoms with Gasteiger partial charge in [0.15, 0.2) is 0 Å². The lowest BCUT2D eigenvalue weighted by Crippen LogP contribution is -2.45. The van der Waals surface area contributed by atoms with Gasteiger partial charge in [-0.15, -0.1) is 0 Å². The third-order valence-corrected chi connectivity index (χ3v) is 5.56. The summed E-state index contributed by atoms with van der Waals surface area (Å²) in [6, 6.07) is 28.5. The summed E-state index contributed by atoms with van der Waals surface area (Å²) >= 11 is 0. The molecule has 0 amide bonds. The Morgan fingerprint density at radius 2 is 1.68 bits per heavy atom. The molecule has 2 N–H and O–H groups in total. The third-order valence-electron chi connectivity index (χ3n) is 5.56. The van der Waals surface area contributed by atoms with E-state index in [1.807, 2.05) is 0 Å². The molecule has 144 valence electrons. The molecular formula is C25H28N2O. The van der Waals surface area contributed by atoms with E-state index < -0.39 is 0 Å². The number of hydrogen-bond acceptors (Lipinski definition) is 3. The average Bonchev–Trinajstić information content (AvgIpc) is 2.79. The number of hydrogen-bond donors (Lipinski definition) is 2. The van der Waals surface area contributed by atoms with E-state index in [-0.39, 0.29) is 0 Å². The van der Waals surface area contributed by atoms with Crippen molar-refractivity contribution in [3.63, 3.8) is 0 Å². The van der Waals surface area contributed by atoms with Crippen LogP contribution in [0.3, 0.4) is 0 Å². The zero-order chi connectivity index (χ0) is 19.2. The maximum atomic E-state index is 5.63. The van der Waals surface area contributed by atoms with Crippen LogP contribution in [0.4, 0.5) is 0 Å². The molecule has 0 unspecified atom stereocenters. The molecule has 0 radical (unpaired) electrons. The van der Waals surface area contributed by atoms with Crippen molar-refractivity contribution in [2.75, 3.05) is 13.7 Å². The Bertz CT molecular complexity index is 880. The number of methoxy groups -OCH3 is 1. The van der Waals surface area contributed by atoms with Crippen LogP contribution in [0.5, 0.6) is 5.75 Å². The van der Waals surface area contributed by atoms with E-state index in [0.29, 0.717) is 12.1 Å². The van der Waals surface area contributed by atoms with Gasteiger partial charge in [-0.3, -0.25) is 0 Å². The standard InChI is InChI=1S/C25H28N2O/c1-28-24-15-14-21(19-9-4-2-5-10-19)17-22(24)18-27-23-13-8-16-26-25(23)20-11-6-3-7-12-20/h2-7,9-12,14-15,17,23,25-27H,8,13,16,18H2,1H3/t23-,25-/m0/s1. The van der Waals surface area contributed by atoms with E-state index in [0.717, 1.165) is 18.8 Å². The lowest BCUT2D eigenvalue weighted by atomic mass is 9.92. The topological polar surface area (TPSA) is 33.3 Å². The van der Waals surface area contributed by atoms with Gasteiger partial charge in [-0.25, -0.2) is 0 Å². The van der Waals surface area contributed by atoms with Crippen LogP contribution in [0.15, 0.2) is 78.9 Å². The summed E-state index contributed by atoms with van der Waals surface area (Å²) in [6.07, 6.45) is 2.37. The van der Waals surface area contributed by atoms with Crippen LogP contribution in [0.1, 0.15) is 30.0 Å². The summed E-state index contributed by atoms with van der Waals surface area (Å²) < 4.78 is 5.63. The second kappa shape index (κ2) is 9.05. The summed E-state index contributed by atoms with van der Waals surface area (Å²) in [5, 5.41) is 7.49. The molecule has 1 fully saturated rings. The largest absolute Gasteiger partial charge is 0.496 e. The second-order valence-electron chi connectivity index (χ2n) is 7.36. The van der Waals surface area contributed by atoms with Gasteiger partial charge in [0.2, 0.25) is 0 Å². The van der Waals surface area contributed by atoms with Gasteiger partial charge in [-0.1, -0.05) is 66.7 Å². The first-order valence-electron chi connectivity index (χ1n) is 10.1. The highest BCUT2D eigenvalue weighted by molar-refractivity contribution is 5.65. The first-order chi connectivity index (χ1) is 13.8. The molecule has 3 aromatic carbocycles. The molecule has 2 atom stereocenters. The van der Waals surface area contributed by atoms with Gasteiger partial charge in [-0.2, -0.15) is 0 Å². The minimum absolute atomic E-state index is 0.346. The highest BCUT2D eigenvalue weighted by Gasteiger charge is 2.25. The Kier molecular flexibility index (Phi) is 6.05. The van der Waals surface area contributed by atoms with E-state index >= 15 is 0 Å². The Labute approximate surface area is 167 Å². The third kappa shape index (κ3) is 4.27. The minimum atomic E-state index is 0.346. The summed E-state index contributed by atoms with van der Waals surface area (Å²) in [4.78, 5) is 0. The Balaban J connectivity index is 1.53. The van der Waals surface area contributed by atoms with Crippen LogP contribution in [0, 0.1) is 0 Å². The quantitative estimate of drug-likeness (QED) is 0.643. The molecule has 28 heavy (non-hydrogen) atoms. The van der Waals surface area contributed by atoms with Gasteiger partial charge in [-0.05, 0) is 48.2 Å². The summed E-state index contributed by atoms with van der Waals surface area (Å²) in [5.74, 6) is 0.937. The second-order valence-corrected chi connectivity index (χ2v) is 7.36. The van der Waals surface area contributed by atoms with Gasteiger partial charge in [0.25, 0.3) is 0 Å². The van der Waals surface area contributed by atoms with Crippen LogP contribution < -0.4 is 15.4 Å². The first kappa shape index (κ1) is 18.7. The van der Waals surface area contributed by atoms with Gasteiger partial charge < -0.3 is 15.4 Å². The first-order valence-corrected chi connectivity index (χ1v) is 10.1. The molecule has 1 aliphatic rings. The maximum absolute atomic E-state index is 5.63. The van der Waals surface area contributed by atoms with E-state index in [9.17, 15) is 0 Å². The predicted octanol–water partition coefficient (Wildman–Crippen LogP) is 4.95. The highest BCUT2D eigenvalue weighted by Crippen LogP contribution is 2.28. The summed E-state index contributed by atoms with van der Waals surface area (Å²) in [7, 11) is 1.75. The minimum Gasteiger partial charge on any atom is -0.496 e. The van der Waals surface area contributed by atoms with Gasteiger partial charge in [0.1, 0.15) is 5.75 Å². The van der Waals surface area contributed by atoms with E-state index in [1.54, 1.807) is 7.11 Å². The molecule has 4 rings (SSSR count). The number of piperidine rings is 1. The van der Waals surface area contributed by atoms with Gasteiger partial charge in [0.05, 0.1) is 7.11 Å². The number of nitrogens with one attached hydrogen (secondary N) is 2. The van der Waals surface area contributed by atoms with Crippen molar-refractivity contribution in [2.24, 2.45) is 0 Å². The monoisotopic (exact) mass is 372 g/mol. The van der Waals surface area contributed by atoms with Crippen molar-refractivity contribution < 1.29 is 4.74 Å². The predicted molar refractivity (Wildman–Crippen MR) is 115 cm³/mol. The molecular weight excluding hydrogens is 344 g/mol. The molecule has 0 saturated carbocycles. The smallest absolute Gasteiger partial charge is 0.123 e. The van der Waals surface area contributed by atoms with Crippen molar-refractivity contribution >= 4 is 0 Å². The van der Waals surface area contributed by atoms with Crippen LogP contribution in [0.2, 0.25) is 0 Å².